The van der Waals surface area contributed by atoms with Gasteiger partial charge in [0.2, 0.25) is 10.0 Å². The van der Waals surface area contributed by atoms with E-state index >= 15 is 0 Å². The molecule has 1 atom stereocenters. The highest BCUT2D eigenvalue weighted by atomic mass is 32.2. The van der Waals surface area contributed by atoms with E-state index in [-0.39, 0.29) is 10.9 Å². The van der Waals surface area contributed by atoms with Crippen molar-refractivity contribution in [3.63, 3.8) is 0 Å². The molecule has 5 nitrogen and oxygen atoms in total. The molecular formula is C11H21N3O2S. The van der Waals surface area contributed by atoms with Crippen molar-refractivity contribution in [2.24, 2.45) is 7.05 Å². The molecule has 0 amide bonds. The summed E-state index contributed by atoms with van der Waals surface area (Å²) in [5.41, 5.74) is 0. The molecule has 1 N–H and O–H groups in total. The maximum absolute atomic E-state index is 11.9. The van der Waals surface area contributed by atoms with E-state index in [1.807, 2.05) is 6.92 Å². The Morgan fingerprint density at radius 1 is 1.47 bits per heavy atom. The highest BCUT2D eigenvalue weighted by molar-refractivity contribution is 7.89. The number of aryl methyl sites for hydroxylation is 1. The van der Waals surface area contributed by atoms with Crippen molar-refractivity contribution in [3.05, 3.63) is 12.4 Å². The summed E-state index contributed by atoms with van der Waals surface area (Å²) in [5, 5.41) is 3.86. The molecule has 0 saturated carbocycles. The zero-order valence-corrected chi connectivity index (χ0v) is 11.5. The first-order chi connectivity index (χ1) is 7.95. The van der Waals surface area contributed by atoms with Crippen molar-refractivity contribution in [2.45, 2.75) is 50.5 Å². The SMILES string of the molecule is CCCCCC(C)NS(=O)(=O)c1cnn(C)c1. The topological polar surface area (TPSA) is 64.0 Å². The average Bonchev–Trinajstić information content (AvgIpc) is 2.65. The van der Waals surface area contributed by atoms with Crippen LogP contribution < -0.4 is 4.72 Å². The summed E-state index contributed by atoms with van der Waals surface area (Å²) in [6.45, 7) is 4.02. The number of aromatic nitrogens is 2. The van der Waals surface area contributed by atoms with E-state index in [0.29, 0.717) is 0 Å². The summed E-state index contributed by atoms with van der Waals surface area (Å²) < 4.78 is 28.0. The number of sulfonamides is 1. The van der Waals surface area contributed by atoms with Gasteiger partial charge in [-0.2, -0.15) is 5.10 Å². The summed E-state index contributed by atoms with van der Waals surface area (Å²) in [4.78, 5) is 0.224. The van der Waals surface area contributed by atoms with Gasteiger partial charge in [-0.1, -0.05) is 26.2 Å². The van der Waals surface area contributed by atoms with E-state index in [4.69, 9.17) is 0 Å². The first-order valence-electron chi connectivity index (χ1n) is 5.96. The Morgan fingerprint density at radius 2 is 2.18 bits per heavy atom. The summed E-state index contributed by atoms with van der Waals surface area (Å²) in [6.07, 6.45) is 7.06. The molecule has 98 valence electrons. The van der Waals surface area contributed by atoms with Crippen LogP contribution >= 0.6 is 0 Å². The zero-order valence-electron chi connectivity index (χ0n) is 10.7. The summed E-state index contributed by atoms with van der Waals surface area (Å²) in [6, 6.07) is -0.0354. The lowest BCUT2D eigenvalue weighted by Gasteiger charge is -2.12. The fourth-order valence-corrected chi connectivity index (χ4v) is 2.89. The maximum Gasteiger partial charge on any atom is 0.243 e. The quantitative estimate of drug-likeness (QED) is 0.758. The number of nitrogens with zero attached hydrogens (tertiary/aromatic N) is 2. The van der Waals surface area contributed by atoms with Crippen molar-refractivity contribution < 1.29 is 8.42 Å². The van der Waals surface area contributed by atoms with Gasteiger partial charge in [0.05, 0.1) is 6.20 Å². The van der Waals surface area contributed by atoms with Gasteiger partial charge in [0.25, 0.3) is 0 Å². The van der Waals surface area contributed by atoms with E-state index in [9.17, 15) is 8.42 Å². The van der Waals surface area contributed by atoms with Gasteiger partial charge in [0.15, 0.2) is 0 Å². The Labute approximate surface area is 103 Å². The van der Waals surface area contributed by atoms with Crippen LogP contribution in [0.4, 0.5) is 0 Å². The lowest BCUT2D eigenvalue weighted by atomic mass is 10.1. The molecule has 0 aliphatic carbocycles. The Morgan fingerprint density at radius 3 is 2.71 bits per heavy atom. The second-order valence-corrected chi connectivity index (χ2v) is 6.08. The van der Waals surface area contributed by atoms with Gasteiger partial charge in [0.1, 0.15) is 4.90 Å². The Kier molecular flexibility index (Phi) is 5.14. The standard InChI is InChI=1S/C11H21N3O2S/c1-4-5-6-7-10(2)13-17(15,16)11-8-12-14(3)9-11/h8-10,13H,4-7H2,1-3H3. The van der Waals surface area contributed by atoms with E-state index in [2.05, 4.69) is 16.7 Å². The van der Waals surface area contributed by atoms with Crippen molar-refractivity contribution in [1.82, 2.24) is 14.5 Å². The second kappa shape index (κ2) is 6.16. The zero-order chi connectivity index (χ0) is 12.9. The average molecular weight is 259 g/mol. The molecule has 1 heterocycles. The minimum atomic E-state index is -3.41. The molecule has 0 saturated heterocycles. The number of nitrogens with one attached hydrogen (secondary N) is 1. The molecule has 1 unspecified atom stereocenters. The summed E-state index contributed by atoms with van der Waals surface area (Å²) in [5.74, 6) is 0. The second-order valence-electron chi connectivity index (χ2n) is 4.37. The van der Waals surface area contributed by atoms with Crippen LogP contribution in [0.2, 0.25) is 0 Å². The minimum Gasteiger partial charge on any atom is -0.274 e. The lowest BCUT2D eigenvalue weighted by Crippen LogP contribution is -2.32. The van der Waals surface area contributed by atoms with Gasteiger partial charge < -0.3 is 0 Å². The number of rotatable bonds is 7. The molecule has 1 aromatic heterocycles. The molecule has 1 aromatic rings. The van der Waals surface area contributed by atoms with Gasteiger partial charge in [-0.05, 0) is 13.3 Å². The van der Waals surface area contributed by atoms with E-state index in [1.165, 1.54) is 17.1 Å². The van der Waals surface area contributed by atoms with Gasteiger partial charge in [-0.25, -0.2) is 13.1 Å². The smallest absolute Gasteiger partial charge is 0.243 e. The Bertz CT molecular complexity index is 439. The fourth-order valence-electron chi connectivity index (χ4n) is 1.63. The fraction of sp³-hybridized carbons (Fsp3) is 0.727. The van der Waals surface area contributed by atoms with Crippen molar-refractivity contribution in [1.29, 1.82) is 0 Å². The number of hydrogen-bond acceptors (Lipinski definition) is 3. The third-order valence-electron chi connectivity index (χ3n) is 2.59. The molecule has 0 spiro atoms. The van der Waals surface area contributed by atoms with Crippen LogP contribution in [0.5, 0.6) is 0 Å². The molecule has 0 fully saturated rings. The van der Waals surface area contributed by atoms with Gasteiger partial charge in [-0.3, -0.25) is 4.68 Å². The molecule has 0 aliphatic heterocycles. The van der Waals surface area contributed by atoms with Crippen molar-refractivity contribution >= 4 is 10.0 Å². The summed E-state index contributed by atoms with van der Waals surface area (Å²) in [7, 11) is -1.71. The Balaban J connectivity index is 2.55. The van der Waals surface area contributed by atoms with Crippen molar-refractivity contribution in [3.8, 4) is 0 Å². The van der Waals surface area contributed by atoms with E-state index < -0.39 is 10.0 Å². The predicted octanol–water partition coefficient (Wildman–Crippen LogP) is 1.67. The highest BCUT2D eigenvalue weighted by Gasteiger charge is 2.18. The predicted molar refractivity (Wildman–Crippen MR) is 67.1 cm³/mol. The molecule has 0 aliphatic rings. The van der Waals surface area contributed by atoms with Crippen LogP contribution in [0.1, 0.15) is 39.5 Å². The first-order valence-corrected chi connectivity index (χ1v) is 7.45. The molecule has 0 bridgehead atoms. The van der Waals surface area contributed by atoms with Crippen LogP contribution in [0, 0.1) is 0 Å². The van der Waals surface area contributed by atoms with Crippen LogP contribution in [0.15, 0.2) is 17.3 Å². The molecule has 0 aromatic carbocycles. The van der Waals surface area contributed by atoms with Crippen LogP contribution in [-0.2, 0) is 17.1 Å². The Hall–Kier alpha value is -0.880. The third-order valence-corrected chi connectivity index (χ3v) is 4.13. The number of unbranched alkanes of at least 4 members (excludes halogenated alkanes) is 2. The summed E-state index contributed by atoms with van der Waals surface area (Å²) >= 11 is 0. The first kappa shape index (κ1) is 14.2. The largest absolute Gasteiger partial charge is 0.274 e. The van der Waals surface area contributed by atoms with Gasteiger partial charge in [-0.15, -0.1) is 0 Å². The normalized spacial score (nSPS) is 13.8. The van der Waals surface area contributed by atoms with Gasteiger partial charge >= 0.3 is 0 Å². The molecule has 6 heteroatoms. The molecular weight excluding hydrogens is 238 g/mol. The van der Waals surface area contributed by atoms with Crippen LogP contribution in [0.3, 0.4) is 0 Å². The van der Waals surface area contributed by atoms with Crippen LogP contribution in [-0.4, -0.2) is 24.2 Å². The monoisotopic (exact) mass is 259 g/mol. The van der Waals surface area contributed by atoms with E-state index in [0.717, 1.165) is 25.7 Å². The minimum absolute atomic E-state index is 0.0354. The molecule has 0 radical (unpaired) electrons. The maximum atomic E-state index is 11.9. The van der Waals surface area contributed by atoms with Crippen LogP contribution in [0.25, 0.3) is 0 Å². The molecule has 1 rings (SSSR count). The van der Waals surface area contributed by atoms with Gasteiger partial charge in [0, 0.05) is 19.3 Å². The highest BCUT2D eigenvalue weighted by Crippen LogP contribution is 2.09. The lowest BCUT2D eigenvalue weighted by molar-refractivity contribution is 0.527. The molecule has 17 heavy (non-hydrogen) atoms. The number of hydrogen-bond donors (Lipinski definition) is 1. The third kappa shape index (κ3) is 4.47. The van der Waals surface area contributed by atoms with Crippen molar-refractivity contribution in [2.75, 3.05) is 0 Å². The van der Waals surface area contributed by atoms with E-state index in [1.54, 1.807) is 7.05 Å².